The van der Waals surface area contributed by atoms with Gasteiger partial charge in [0.25, 0.3) is 5.24 Å². The van der Waals surface area contributed by atoms with E-state index in [1.54, 1.807) is 0 Å². The van der Waals surface area contributed by atoms with E-state index in [1.165, 1.54) is 22.6 Å². The Bertz CT molecular complexity index is 522. The van der Waals surface area contributed by atoms with Crippen molar-refractivity contribution in [1.82, 2.24) is 4.98 Å². The van der Waals surface area contributed by atoms with E-state index in [2.05, 4.69) is 9.72 Å². The van der Waals surface area contributed by atoms with Crippen molar-refractivity contribution in [3.8, 4) is 5.75 Å². The van der Waals surface area contributed by atoms with Crippen molar-refractivity contribution in [3.05, 3.63) is 25.4 Å². The summed E-state index contributed by atoms with van der Waals surface area (Å²) in [5.41, 5.74) is -0.415. The molecule has 0 aliphatic rings. The van der Waals surface area contributed by atoms with Crippen LogP contribution in [-0.4, -0.2) is 21.5 Å². The number of aromatic nitrogens is 1. The van der Waals surface area contributed by atoms with Gasteiger partial charge in [-0.25, -0.2) is 0 Å². The van der Waals surface area contributed by atoms with E-state index in [0.717, 1.165) is 0 Å². The van der Waals surface area contributed by atoms with Crippen LogP contribution in [-0.2, 0) is 0 Å². The quantitative estimate of drug-likeness (QED) is 0.340. The Morgan fingerprint density at radius 2 is 2.11 bits per heavy atom. The lowest BCUT2D eigenvalue weighted by molar-refractivity contribution is -0.393. The molecule has 1 aromatic rings. The Hall–Kier alpha value is -1.17. The monoisotopic (exact) mass is 396 g/mol. The Labute approximate surface area is 115 Å². The van der Waals surface area contributed by atoms with Gasteiger partial charge in [0, 0.05) is 0 Å². The molecule has 1 rings (SSSR count). The average molecular weight is 396 g/mol. The van der Waals surface area contributed by atoms with E-state index >= 15 is 0 Å². The van der Waals surface area contributed by atoms with E-state index in [1.807, 2.05) is 0 Å². The van der Waals surface area contributed by atoms with E-state index in [-0.39, 0.29) is 0 Å². The summed E-state index contributed by atoms with van der Waals surface area (Å²) in [6.07, 6.45) is -4.45. The van der Waals surface area contributed by atoms with Gasteiger partial charge in [-0.15, -0.1) is 13.2 Å². The van der Waals surface area contributed by atoms with E-state index < -0.39 is 37.2 Å². The van der Waals surface area contributed by atoms with Crippen molar-refractivity contribution in [2.24, 2.45) is 0 Å². The summed E-state index contributed by atoms with van der Waals surface area (Å²) in [6.45, 7) is 0. The highest BCUT2D eigenvalue weighted by Crippen LogP contribution is 2.36. The number of pyridine rings is 1. The topological polar surface area (TPSA) is 82.3 Å². The van der Waals surface area contributed by atoms with Crippen LogP contribution in [0.1, 0.15) is 10.4 Å². The second kappa shape index (κ2) is 5.22. The lowest BCUT2D eigenvalue weighted by Gasteiger charge is -2.10. The van der Waals surface area contributed by atoms with Crippen LogP contribution in [0.2, 0.25) is 0 Å². The first-order chi connectivity index (χ1) is 8.13. The fourth-order valence-corrected chi connectivity index (χ4v) is 1.97. The van der Waals surface area contributed by atoms with E-state index in [9.17, 15) is 28.1 Å². The minimum atomic E-state index is -5.15. The molecule has 6 nitrogen and oxygen atoms in total. The molecule has 0 atom stereocenters. The largest absolute Gasteiger partial charge is 0.573 e. The summed E-state index contributed by atoms with van der Waals surface area (Å²) >= 11 is 6.37. The first-order valence-corrected chi connectivity index (χ1v) is 5.37. The number of nitrogens with zero attached hydrogens (tertiary/aromatic N) is 2. The first-order valence-electron chi connectivity index (χ1n) is 3.92. The third-order valence-corrected chi connectivity index (χ3v) is 2.83. The minimum Gasteiger partial charge on any atom is -0.395 e. The fourth-order valence-electron chi connectivity index (χ4n) is 0.935. The van der Waals surface area contributed by atoms with Crippen LogP contribution >= 0.6 is 34.2 Å². The second-order valence-corrected chi connectivity index (χ2v) is 4.14. The highest BCUT2D eigenvalue weighted by Gasteiger charge is 2.37. The Balaban J connectivity index is 3.45. The van der Waals surface area contributed by atoms with Crippen molar-refractivity contribution in [2.75, 3.05) is 0 Å². The number of rotatable bonds is 3. The van der Waals surface area contributed by atoms with E-state index in [0.29, 0.717) is 6.20 Å². The summed E-state index contributed by atoms with van der Waals surface area (Å²) in [7, 11) is 0. The number of nitro groups is 1. The number of halogens is 5. The molecule has 98 valence electrons. The number of ether oxygens (including phenoxy) is 1. The molecule has 0 saturated carbocycles. The van der Waals surface area contributed by atoms with Crippen LogP contribution < -0.4 is 4.74 Å². The van der Waals surface area contributed by atoms with Gasteiger partial charge in [-0.3, -0.25) is 4.79 Å². The molecule has 0 radical (unpaired) electrons. The Kier molecular flexibility index (Phi) is 4.32. The smallest absolute Gasteiger partial charge is 0.395 e. The number of carbonyl (C=O) groups excluding carboxylic acids is 1. The van der Waals surface area contributed by atoms with Crippen molar-refractivity contribution in [1.29, 1.82) is 0 Å². The molecule has 0 N–H and O–H groups in total. The summed E-state index contributed by atoms with van der Waals surface area (Å²) in [4.78, 5) is 23.3. The molecule has 0 saturated heterocycles. The first kappa shape index (κ1) is 14.9. The lowest BCUT2D eigenvalue weighted by atomic mass is 10.3. The molecule has 11 heteroatoms. The maximum absolute atomic E-state index is 12.1. The average Bonchev–Trinajstić information content (AvgIpc) is 2.17. The normalized spacial score (nSPS) is 11.2. The second-order valence-electron chi connectivity index (χ2n) is 2.72. The molecule has 18 heavy (non-hydrogen) atoms. The molecule has 1 heterocycles. The maximum Gasteiger partial charge on any atom is 0.573 e. The van der Waals surface area contributed by atoms with Gasteiger partial charge in [-0.1, -0.05) is 0 Å². The molecule has 1 aromatic heterocycles. The van der Waals surface area contributed by atoms with Gasteiger partial charge in [0.2, 0.25) is 5.75 Å². The maximum atomic E-state index is 12.1. The van der Waals surface area contributed by atoms with E-state index in [4.69, 9.17) is 11.6 Å². The fraction of sp³-hybridized carbons (Fsp3) is 0.143. The number of alkyl halides is 3. The van der Waals surface area contributed by atoms with Crippen molar-refractivity contribution in [3.63, 3.8) is 0 Å². The van der Waals surface area contributed by atoms with Crippen LogP contribution in [0.4, 0.5) is 19.0 Å². The van der Waals surface area contributed by atoms with Crippen LogP contribution in [0.5, 0.6) is 5.75 Å². The molecule has 0 aliphatic heterocycles. The molecule has 0 bridgehead atoms. The third-order valence-electron chi connectivity index (χ3n) is 1.56. The number of hydrogen-bond donors (Lipinski definition) is 0. The summed E-state index contributed by atoms with van der Waals surface area (Å²) in [5, 5.41) is 9.41. The zero-order valence-corrected chi connectivity index (χ0v) is 10.9. The molecular weight excluding hydrogens is 395 g/mol. The molecule has 0 fully saturated rings. The SMILES string of the molecule is O=C(Cl)c1cnc([N+](=O)[O-])c(OC(F)(F)F)c1I. The molecule has 0 amide bonds. The third kappa shape index (κ3) is 3.41. The van der Waals surface area contributed by atoms with Gasteiger partial charge in [0.15, 0.2) is 6.20 Å². The van der Waals surface area contributed by atoms with Gasteiger partial charge in [0.05, 0.1) is 9.13 Å². The van der Waals surface area contributed by atoms with Crippen LogP contribution in [0, 0.1) is 13.7 Å². The van der Waals surface area contributed by atoms with Gasteiger partial charge in [-0.05, 0) is 44.1 Å². The zero-order chi connectivity index (χ0) is 14.1. The minimum absolute atomic E-state index is 0.415. The lowest BCUT2D eigenvalue weighted by Crippen LogP contribution is -2.19. The summed E-state index contributed by atoms with van der Waals surface area (Å²) in [6, 6.07) is 0. The number of carbonyl (C=O) groups is 1. The zero-order valence-electron chi connectivity index (χ0n) is 7.99. The van der Waals surface area contributed by atoms with Crippen LogP contribution in [0.3, 0.4) is 0 Å². The molecule has 0 unspecified atom stereocenters. The molecule has 0 spiro atoms. The molecular formula is C7HClF3IN2O4. The highest BCUT2D eigenvalue weighted by atomic mass is 127. The standard InChI is InChI=1S/C7HClF3IN2O4/c8-5(15)2-1-13-6(14(16)17)4(3(2)12)18-7(9,10)11/h1H. The Morgan fingerprint density at radius 1 is 1.56 bits per heavy atom. The van der Waals surface area contributed by atoms with Gasteiger partial charge in [-0.2, -0.15) is 0 Å². The van der Waals surface area contributed by atoms with Crippen molar-refractivity contribution in [2.45, 2.75) is 6.36 Å². The van der Waals surface area contributed by atoms with Gasteiger partial charge >= 0.3 is 12.2 Å². The van der Waals surface area contributed by atoms with Crippen LogP contribution in [0.15, 0.2) is 6.20 Å². The predicted octanol–water partition coefficient (Wildman–Crippen LogP) is 2.87. The predicted molar refractivity (Wildman–Crippen MR) is 60.5 cm³/mol. The summed E-state index contributed by atoms with van der Waals surface area (Å²) < 4.78 is 39.4. The summed E-state index contributed by atoms with van der Waals surface area (Å²) in [5.74, 6) is -2.32. The van der Waals surface area contributed by atoms with Crippen molar-refractivity contribution >= 4 is 45.3 Å². The highest BCUT2D eigenvalue weighted by molar-refractivity contribution is 14.1. The molecule has 0 aliphatic carbocycles. The molecule has 0 aromatic carbocycles. The van der Waals surface area contributed by atoms with Gasteiger partial charge in [0.1, 0.15) is 0 Å². The Morgan fingerprint density at radius 3 is 2.50 bits per heavy atom. The van der Waals surface area contributed by atoms with Crippen LogP contribution in [0.25, 0.3) is 0 Å². The van der Waals surface area contributed by atoms with Crippen molar-refractivity contribution < 1.29 is 27.6 Å². The number of hydrogen-bond acceptors (Lipinski definition) is 5. The van der Waals surface area contributed by atoms with Gasteiger partial charge < -0.3 is 14.9 Å².